The molecule has 1 aliphatic carbocycles. The van der Waals surface area contributed by atoms with Gasteiger partial charge in [-0.25, -0.2) is 0 Å². The van der Waals surface area contributed by atoms with Crippen LogP contribution < -0.4 is 5.32 Å². The summed E-state index contributed by atoms with van der Waals surface area (Å²) in [5, 5.41) is 3.76. The molecule has 1 saturated carbocycles. The zero-order valence-corrected chi connectivity index (χ0v) is 13.6. The molecule has 0 spiro atoms. The van der Waals surface area contributed by atoms with E-state index < -0.39 is 0 Å². The molecule has 3 atom stereocenters. The van der Waals surface area contributed by atoms with E-state index in [-0.39, 0.29) is 5.54 Å². The van der Waals surface area contributed by atoms with Crippen molar-refractivity contribution in [3.63, 3.8) is 0 Å². The maximum absolute atomic E-state index is 3.76. The van der Waals surface area contributed by atoms with Crippen LogP contribution in [-0.4, -0.2) is 30.6 Å². The van der Waals surface area contributed by atoms with Gasteiger partial charge in [-0.15, -0.1) is 0 Å². The normalized spacial score (nSPS) is 35.3. The molecule has 0 radical (unpaired) electrons. The molecule has 0 amide bonds. The Kier molecular flexibility index (Phi) is 4.66. The second-order valence-corrected chi connectivity index (χ2v) is 7.36. The number of nitrogens with zero attached hydrogens (tertiary/aromatic N) is 1. The molecule has 1 saturated heterocycles. The minimum Gasteiger partial charge on any atom is -0.305 e. The lowest BCUT2D eigenvalue weighted by Gasteiger charge is -2.45. The van der Waals surface area contributed by atoms with E-state index in [4.69, 9.17) is 0 Å². The fourth-order valence-corrected chi connectivity index (χ4v) is 4.16. The highest BCUT2D eigenvalue weighted by Gasteiger charge is 2.35. The topological polar surface area (TPSA) is 15.3 Å². The lowest BCUT2D eigenvalue weighted by Crippen LogP contribution is -2.58. The molecule has 3 unspecified atom stereocenters. The molecule has 0 aromatic heterocycles. The van der Waals surface area contributed by atoms with Gasteiger partial charge in [0.2, 0.25) is 0 Å². The van der Waals surface area contributed by atoms with Crippen molar-refractivity contribution in [2.24, 2.45) is 5.92 Å². The van der Waals surface area contributed by atoms with Crippen LogP contribution in [0.3, 0.4) is 0 Å². The van der Waals surface area contributed by atoms with Crippen molar-refractivity contribution in [2.45, 2.75) is 57.5 Å². The second-order valence-electron chi connectivity index (χ2n) is 7.36. The summed E-state index contributed by atoms with van der Waals surface area (Å²) in [5.74, 6) is 0.929. The molecule has 1 aromatic carbocycles. The van der Waals surface area contributed by atoms with Crippen molar-refractivity contribution in [3.8, 4) is 0 Å². The van der Waals surface area contributed by atoms with E-state index in [9.17, 15) is 0 Å². The van der Waals surface area contributed by atoms with E-state index in [0.29, 0.717) is 0 Å². The van der Waals surface area contributed by atoms with Gasteiger partial charge in [-0.1, -0.05) is 50.1 Å². The first-order chi connectivity index (χ1) is 10.2. The molecular formula is C19H30N2. The lowest BCUT2D eigenvalue weighted by molar-refractivity contribution is 0.0906. The Morgan fingerprint density at radius 1 is 1.10 bits per heavy atom. The van der Waals surface area contributed by atoms with Gasteiger partial charge in [-0.2, -0.15) is 0 Å². The fraction of sp³-hybridized carbons (Fsp3) is 0.684. The number of piperazine rings is 1. The average molecular weight is 286 g/mol. The summed E-state index contributed by atoms with van der Waals surface area (Å²) in [6.45, 7) is 8.26. The molecule has 2 nitrogen and oxygen atoms in total. The predicted molar refractivity (Wildman–Crippen MR) is 89.4 cm³/mol. The number of hydrogen-bond acceptors (Lipinski definition) is 2. The average Bonchev–Trinajstić information content (AvgIpc) is 2.73. The second kappa shape index (κ2) is 6.50. The summed E-state index contributed by atoms with van der Waals surface area (Å²) >= 11 is 0. The molecule has 1 aliphatic heterocycles. The van der Waals surface area contributed by atoms with Crippen molar-refractivity contribution in [1.29, 1.82) is 0 Å². The van der Waals surface area contributed by atoms with Gasteiger partial charge in [-0.05, 0) is 37.7 Å². The summed E-state index contributed by atoms with van der Waals surface area (Å²) in [6.07, 6.45) is 7.05. The van der Waals surface area contributed by atoms with Crippen LogP contribution in [0, 0.1) is 5.92 Å². The van der Waals surface area contributed by atoms with Crippen LogP contribution in [0.2, 0.25) is 0 Å². The number of nitrogens with one attached hydrogen (secondary N) is 1. The van der Waals surface area contributed by atoms with Crippen LogP contribution in [0.25, 0.3) is 0 Å². The number of benzene rings is 1. The van der Waals surface area contributed by atoms with E-state index in [2.05, 4.69) is 54.4 Å². The van der Waals surface area contributed by atoms with Crippen molar-refractivity contribution < 1.29 is 0 Å². The van der Waals surface area contributed by atoms with Crippen LogP contribution in [0.15, 0.2) is 30.3 Å². The van der Waals surface area contributed by atoms with Gasteiger partial charge in [-0.3, -0.25) is 4.90 Å². The molecule has 0 bridgehead atoms. The molecule has 1 N–H and O–H groups in total. The van der Waals surface area contributed by atoms with Crippen molar-refractivity contribution in [1.82, 2.24) is 10.2 Å². The fourth-order valence-electron chi connectivity index (χ4n) is 4.16. The van der Waals surface area contributed by atoms with Crippen LogP contribution in [0.4, 0.5) is 0 Å². The summed E-state index contributed by atoms with van der Waals surface area (Å²) in [4.78, 5) is 2.77. The molecule has 2 aliphatic rings. The SMILES string of the molecule is CC1CCCC(N2CCNC(C)(c3ccccc3)C2)CC1. The molecule has 2 fully saturated rings. The Balaban J connectivity index is 1.70. The van der Waals surface area contributed by atoms with Gasteiger partial charge in [0, 0.05) is 25.7 Å². The first kappa shape index (κ1) is 15.1. The minimum atomic E-state index is 0.109. The molecule has 21 heavy (non-hydrogen) atoms. The van der Waals surface area contributed by atoms with E-state index >= 15 is 0 Å². The summed E-state index contributed by atoms with van der Waals surface area (Å²) < 4.78 is 0. The van der Waals surface area contributed by atoms with Crippen LogP contribution in [0.1, 0.15) is 51.5 Å². The molecule has 1 aromatic rings. The van der Waals surface area contributed by atoms with Crippen LogP contribution in [0.5, 0.6) is 0 Å². The van der Waals surface area contributed by atoms with E-state index in [1.54, 1.807) is 0 Å². The van der Waals surface area contributed by atoms with Gasteiger partial charge in [0.25, 0.3) is 0 Å². The Labute approximate surface area is 129 Å². The monoisotopic (exact) mass is 286 g/mol. The van der Waals surface area contributed by atoms with Gasteiger partial charge < -0.3 is 5.32 Å². The quantitative estimate of drug-likeness (QED) is 0.832. The summed E-state index contributed by atoms with van der Waals surface area (Å²) in [6, 6.07) is 11.8. The minimum absolute atomic E-state index is 0.109. The molecule has 116 valence electrons. The van der Waals surface area contributed by atoms with E-state index in [0.717, 1.165) is 25.0 Å². The predicted octanol–water partition coefficient (Wildman–Crippen LogP) is 3.78. The first-order valence-electron chi connectivity index (χ1n) is 8.72. The van der Waals surface area contributed by atoms with Crippen LogP contribution >= 0.6 is 0 Å². The highest BCUT2D eigenvalue weighted by atomic mass is 15.2. The smallest absolute Gasteiger partial charge is 0.0535 e. The molecule has 3 rings (SSSR count). The molecule has 2 heteroatoms. The molecule has 1 heterocycles. The van der Waals surface area contributed by atoms with Gasteiger partial charge >= 0.3 is 0 Å². The Hall–Kier alpha value is -0.860. The highest BCUT2D eigenvalue weighted by Crippen LogP contribution is 2.30. The molecular weight excluding hydrogens is 256 g/mol. The Bertz CT molecular complexity index is 444. The van der Waals surface area contributed by atoms with Gasteiger partial charge in [0.15, 0.2) is 0 Å². The standard InChI is InChI=1S/C19H30N2/c1-16-7-6-10-18(12-11-16)21-14-13-20-19(2,15-21)17-8-4-3-5-9-17/h3-5,8-9,16,18,20H,6-7,10-15H2,1-2H3. The largest absolute Gasteiger partial charge is 0.305 e. The van der Waals surface area contributed by atoms with E-state index in [1.165, 1.54) is 44.2 Å². The zero-order chi connectivity index (χ0) is 14.7. The first-order valence-corrected chi connectivity index (χ1v) is 8.72. The number of hydrogen-bond donors (Lipinski definition) is 1. The highest BCUT2D eigenvalue weighted by molar-refractivity contribution is 5.25. The number of rotatable bonds is 2. The van der Waals surface area contributed by atoms with Gasteiger partial charge in [0.1, 0.15) is 0 Å². The van der Waals surface area contributed by atoms with Gasteiger partial charge in [0.05, 0.1) is 5.54 Å². The third-order valence-corrected chi connectivity index (χ3v) is 5.59. The summed E-state index contributed by atoms with van der Waals surface area (Å²) in [5.41, 5.74) is 1.54. The maximum Gasteiger partial charge on any atom is 0.0535 e. The van der Waals surface area contributed by atoms with Crippen LogP contribution in [-0.2, 0) is 5.54 Å². The third-order valence-electron chi connectivity index (χ3n) is 5.59. The Morgan fingerprint density at radius 3 is 2.71 bits per heavy atom. The Morgan fingerprint density at radius 2 is 1.90 bits per heavy atom. The zero-order valence-electron chi connectivity index (χ0n) is 13.6. The summed E-state index contributed by atoms with van der Waals surface area (Å²) in [7, 11) is 0. The van der Waals surface area contributed by atoms with E-state index in [1.807, 2.05) is 0 Å². The van der Waals surface area contributed by atoms with Crippen molar-refractivity contribution >= 4 is 0 Å². The lowest BCUT2D eigenvalue weighted by atomic mass is 9.88. The third kappa shape index (κ3) is 3.49. The van der Waals surface area contributed by atoms with Crippen molar-refractivity contribution in [3.05, 3.63) is 35.9 Å². The van der Waals surface area contributed by atoms with Crippen molar-refractivity contribution in [2.75, 3.05) is 19.6 Å². The maximum atomic E-state index is 3.76.